The molecule has 1 aromatic rings. The number of hydrogen-bond donors (Lipinski definition) is 3. The van der Waals surface area contributed by atoms with Gasteiger partial charge in [-0.05, 0) is 30.9 Å². The highest BCUT2D eigenvalue weighted by Crippen LogP contribution is 2.18. The van der Waals surface area contributed by atoms with Crippen LogP contribution in [0.5, 0.6) is 0 Å². The van der Waals surface area contributed by atoms with Gasteiger partial charge in [0.25, 0.3) is 5.91 Å². The van der Waals surface area contributed by atoms with E-state index < -0.39 is 12.1 Å². The van der Waals surface area contributed by atoms with Gasteiger partial charge in [0.15, 0.2) is 0 Å². The summed E-state index contributed by atoms with van der Waals surface area (Å²) in [6.07, 6.45) is 4.63. The molecule has 1 aliphatic rings. The van der Waals surface area contributed by atoms with Crippen LogP contribution in [0.4, 0.5) is 0 Å². The Morgan fingerprint density at radius 2 is 2.41 bits per heavy atom. The Bertz CT molecular complexity index is 379. The Balaban J connectivity index is 1.85. The lowest BCUT2D eigenvalue weighted by Crippen LogP contribution is -2.48. The second-order valence-corrected chi connectivity index (χ2v) is 4.46. The summed E-state index contributed by atoms with van der Waals surface area (Å²) in [4.78, 5) is 15.5. The summed E-state index contributed by atoms with van der Waals surface area (Å²) >= 11 is 0. The molecule has 1 fully saturated rings. The second kappa shape index (κ2) is 5.25. The number of nitrogens with zero attached hydrogens (tertiary/aromatic N) is 1. The summed E-state index contributed by atoms with van der Waals surface area (Å²) < 4.78 is 0. The molecule has 1 aliphatic carbocycles. The number of rotatable bonds is 5. The van der Waals surface area contributed by atoms with Gasteiger partial charge in [0.2, 0.25) is 0 Å². The Labute approximate surface area is 100 Å². The first-order valence-corrected chi connectivity index (χ1v) is 5.80. The first-order valence-electron chi connectivity index (χ1n) is 5.80. The predicted molar refractivity (Wildman–Crippen MR) is 63.1 cm³/mol. The SMILES string of the molecule is NC(Cc1cccnc1)C(O)C(=O)NC1CC1. The molecule has 92 valence electrons. The quantitative estimate of drug-likeness (QED) is 0.647. The molecule has 17 heavy (non-hydrogen) atoms. The average molecular weight is 235 g/mol. The van der Waals surface area contributed by atoms with Gasteiger partial charge in [0.05, 0.1) is 0 Å². The minimum atomic E-state index is -1.16. The monoisotopic (exact) mass is 235 g/mol. The zero-order valence-corrected chi connectivity index (χ0v) is 9.54. The van der Waals surface area contributed by atoms with Crippen LogP contribution >= 0.6 is 0 Å². The lowest BCUT2D eigenvalue weighted by atomic mass is 10.0. The number of pyridine rings is 1. The number of carbonyl (C=O) groups is 1. The summed E-state index contributed by atoms with van der Waals surface area (Å²) in [5.41, 5.74) is 6.72. The highest BCUT2D eigenvalue weighted by atomic mass is 16.3. The van der Waals surface area contributed by atoms with E-state index in [1.54, 1.807) is 18.5 Å². The molecule has 0 bridgehead atoms. The van der Waals surface area contributed by atoms with Gasteiger partial charge in [-0.1, -0.05) is 6.07 Å². The molecule has 0 radical (unpaired) electrons. The minimum Gasteiger partial charge on any atom is -0.382 e. The van der Waals surface area contributed by atoms with Crippen LogP contribution in [0.3, 0.4) is 0 Å². The third-order valence-electron chi connectivity index (χ3n) is 2.79. The first-order chi connectivity index (χ1) is 8.16. The van der Waals surface area contributed by atoms with E-state index in [0.717, 1.165) is 18.4 Å². The summed E-state index contributed by atoms with van der Waals surface area (Å²) in [7, 11) is 0. The molecule has 1 aromatic heterocycles. The van der Waals surface area contributed by atoms with Crippen molar-refractivity contribution >= 4 is 5.91 Å². The third kappa shape index (κ3) is 3.51. The molecule has 1 saturated carbocycles. The van der Waals surface area contributed by atoms with E-state index in [1.165, 1.54) is 0 Å². The lowest BCUT2D eigenvalue weighted by molar-refractivity contribution is -0.130. The molecule has 0 spiro atoms. The van der Waals surface area contributed by atoms with Crippen LogP contribution in [0.2, 0.25) is 0 Å². The molecule has 0 aliphatic heterocycles. The van der Waals surface area contributed by atoms with Crippen molar-refractivity contribution in [3.63, 3.8) is 0 Å². The third-order valence-corrected chi connectivity index (χ3v) is 2.79. The van der Waals surface area contributed by atoms with E-state index in [1.807, 2.05) is 6.07 Å². The highest BCUT2D eigenvalue weighted by Gasteiger charge is 2.29. The van der Waals surface area contributed by atoms with Gasteiger partial charge in [-0.3, -0.25) is 9.78 Å². The van der Waals surface area contributed by atoms with E-state index in [4.69, 9.17) is 5.73 Å². The van der Waals surface area contributed by atoms with Gasteiger partial charge in [-0.15, -0.1) is 0 Å². The zero-order valence-electron chi connectivity index (χ0n) is 9.54. The average Bonchev–Trinajstić information content (AvgIpc) is 3.13. The summed E-state index contributed by atoms with van der Waals surface area (Å²) in [5, 5.41) is 12.5. The van der Waals surface area contributed by atoms with Crippen LogP contribution in [-0.4, -0.2) is 34.2 Å². The van der Waals surface area contributed by atoms with E-state index in [0.29, 0.717) is 6.42 Å². The Kier molecular flexibility index (Phi) is 3.71. The van der Waals surface area contributed by atoms with Crippen LogP contribution in [0, 0.1) is 0 Å². The molecule has 2 rings (SSSR count). The summed E-state index contributed by atoms with van der Waals surface area (Å²) in [6, 6.07) is 3.32. The van der Waals surface area contributed by atoms with Crippen molar-refractivity contribution in [3.05, 3.63) is 30.1 Å². The molecule has 5 heteroatoms. The van der Waals surface area contributed by atoms with Gasteiger partial charge < -0.3 is 16.2 Å². The zero-order chi connectivity index (χ0) is 12.3. The van der Waals surface area contributed by atoms with Crippen molar-refractivity contribution in [2.45, 2.75) is 37.5 Å². The fourth-order valence-electron chi connectivity index (χ4n) is 1.61. The Morgan fingerprint density at radius 3 is 3.00 bits per heavy atom. The second-order valence-electron chi connectivity index (χ2n) is 4.46. The molecule has 0 aromatic carbocycles. The Morgan fingerprint density at radius 1 is 1.65 bits per heavy atom. The first kappa shape index (κ1) is 12.0. The number of amides is 1. The smallest absolute Gasteiger partial charge is 0.250 e. The van der Waals surface area contributed by atoms with Gasteiger partial charge in [-0.2, -0.15) is 0 Å². The molecule has 1 amide bonds. The number of hydrogen-bond acceptors (Lipinski definition) is 4. The number of aromatic nitrogens is 1. The molecule has 0 saturated heterocycles. The maximum Gasteiger partial charge on any atom is 0.250 e. The van der Waals surface area contributed by atoms with Crippen LogP contribution in [0.15, 0.2) is 24.5 Å². The van der Waals surface area contributed by atoms with E-state index in [2.05, 4.69) is 10.3 Å². The van der Waals surface area contributed by atoms with Crippen molar-refractivity contribution in [1.82, 2.24) is 10.3 Å². The van der Waals surface area contributed by atoms with E-state index >= 15 is 0 Å². The maximum atomic E-state index is 11.6. The van der Waals surface area contributed by atoms with Crippen molar-refractivity contribution in [2.24, 2.45) is 5.73 Å². The largest absolute Gasteiger partial charge is 0.382 e. The van der Waals surface area contributed by atoms with Crippen LogP contribution in [-0.2, 0) is 11.2 Å². The molecule has 2 atom stereocenters. The highest BCUT2D eigenvalue weighted by molar-refractivity contribution is 5.81. The van der Waals surface area contributed by atoms with Crippen LogP contribution in [0.1, 0.15) is 18.4 Å². The summed E-state index contributed by atoms with van der Waals surface area (Å²) in [6.45, 7) is 0. The normalized spacial score (nSPS) is 18.5. The van der Waals surface area contributed by atoms with E-state index in [9.17, 15) is 9.90 Å². The van der Waals surface area contributed by atoms with Gasteiger partial charge in [0, 0.05) is 24.5 Å². The van der Waals surface area contributed by atoms with Crippen molar-refractivity contribution in [1.29, 1.82) is 0 Å². The molecule has 5 nitrogen and oxygen atoms in total. The van der Waals surface area contributed by atoms with Gasteiger partial charge in [0.1, 0.15) is 6.10 Å². The number of aliphatic hydroxyl groups excluding tert-OH is 1. The predicted octanol–water partition coefficient (Wildman–Crippen LogP) is -0.409. The molecule has 2 unspecified atom stereocenters. The van der Waals surface area contributed by atoms with E-state index in [-0.39, 0.29) is 11.9 Å². The maximum absolute atomic E-state index is 11.6. The van der Waals surface area contributed by atoms with Crippen LogP contribution < -0.4 is 11.1 Å². The van der Waals surface area contributed by atoms with Crippen LogP contribution in [0.25, 0.3) is 0 Å². The standard InChI is InChI=1S/C12H17N3O2/c13-10(6-8-2-1-5-14-7-8)11(16)12(17)15-9-3-4-9/h1-2,5,7,9-11,16H,3-4,6,13H2,(H,15,17). The number of nitrogens with two attached hydrogens (primary N) is 1. The topological polar surface area (TPSA) is 88.2 Å². The number of aliphatic hydroxyl groups is 1. The van der Waals surface area contributed by atoms with Gasteiger partial charge >= 0.3 is 0 Å². The fourth-order valence-corrected chi connectivity index (χ4v) is 1.61. The lowest BCUT2D eigenvalue weighted by Gasteiger charge is -2.18. The van der Waals surface area contributed by atoms with Crippen molar-refractivity contribution < 1.29 is 9.90 Å². The van der Waals surface area contributed by atoms with Crippen molar-refractivity contribution in [2.75, 3.05) is 0 Å². The van der Waals surface area contributed by atoms with Gasteiger partial charge in [-0.25, -0.2) is 0 Å². The molecular weight excluding hydrogens is 218 g/mol. The number of carbonyl (C=O) groups excluding carboxylic acids is 1. The summed E-state index contributed by atoms with van der Waals surface area (Å²) in [5.74, 6) is -0.371. The van der Waals surface area contributed by atoms with Crippen molar-refractivity contribution in [3.8, 4) is 0 Å². The minimum absolute atomic E-state index is 0.239. The Hall–Kier alpha value is -1.46. The molecule has 1 heterocycles. The molecule has 4 N–H and O–H groups in total. The fraction of sp³-hybridized carbons (Fsp3) is 0.500. The number of nitrogens with one attached hydrogen (secondary N) is 1. The molecular formula is C12H17N3O2.